The van der Waals surface area contributed by atoms with Gasteiger partial charge in [0.2, 0.25) is 5.91 Å². The molecule has 1 aliphatic heterocycles. The normalized spacial score (nSPS) is 13.6. The molecule has 8 heteroatoms. The third kappa shape index (κ3) is 5.02. The molecule has 35 heavy (non-hydrogen) atoms. The molecule has 1 saturated heterocycles. The van der Waals surface area contributed by atoms with E-state index in [2.05, 4.69) is 15.2 Å². The van der Waals surface area contributed by atoms with Gasteiger partial charge < -0.3 is 19.9 Å². The minimum absolute atomic E-state index is 0.0437. The molecule has 178 valence electrons. The first-order valence-electron chi connectivity index (χ1n) is 11.6. The van der Waals surface area contributed by atoms with Crippen LogP contribution in [0.4, 0.5) is 11.4 Å². The molecule has 2 amide bonds. The molecule has 1 fully saturated rings. The summed E-state index contributed by atoms with van der Waals surface area (Å²) in [5, 5.41) is 2.87. The molecule has 0 atom stereocenters. The molecular weight excluding hydrogens is 442 g/mol. The first kappa shape index (κ1) is 22.6. The average Bonchev–Trinajstić information content (AvgIpc) is 3.33. The van der Waals surface area contributed by atoms with Gasteiger partial charge in [0.25, 0.3) is 5.91 Å². The van der Waals surface area contributed by atoms with Crippen molar-refractivity contribution in [3.63, 3.8) is 0 Å². The highest BCUT2D eigenvalue weighted by molar-refractivity contribution is 5.99. The predicted octanol–water partition coefficient (Wildman–Crippen LogP) is 3.57. The molecule has 0 aliphatic carbocycles. The van der Waals surface area contributed by atoms with Crippen molar-refractivity contribution in [1.29, 1.82) is 0 Å². The minimum Gasteiger partial charge on any atom is -0.378 e. The van der Waals surface area contributed by atoms with Crippen LogP contribution in [-0.4, -0.2) is 66.2 Å². The lowest BCUT2D eigenvalue weighted by molar-refractivity contribution is -0.116. The monoisotopic (exact) mass is 469 g/mol. The van der Waals surface area contributed by atoms with Gasteiger partial charge in [0, 0.05) is 42.8 Å². The van der Waals surface area contributed by atoms with Gasteiger partial charge in [0.05, 0.1) is 30.8 Å². The molecule has 0 unspecified atom stereocenters. The van der Waals surface area contributed by atoms with Gasteiger partial charge >= 0.3 is 0 Å². The molecule has 0 radical (unpaired) electrons. The number of morpholine rings is 1. The Morgan fingerprint density at radius 1 is 0.943 bits per heavy atom. The smallest absolute Gasteiger partial charge is 0.254 e. The number of carbonyl (C=O) groups is 2. The maximum atomic E-state index is 12.9. The maximum Gasteiger partial charge on any atom is 0.254 e. The summed E-state index contributed by atoms with van der Waals surface area (Å²) in [5.41, 5.74) is 5.14. The minimum atomic E-state index is -0.249. The van der Waals surface area contributed by atoms with E-state index < -0.39 is 0 Å². The van der Waals surface area contributed by atoms with Crippen molar-refractivity contribution in [3.8, 4) is 5.69 Å². The number of aromatic nitrogens is 2. The standard InChI is InChI=1S/C27H27N5O3/c1-30(18-26(33)29-21-8-12-22(13-9-21)31-14-16-35-17-15-31)27(34)20-6-10-23(11-7-20)32-19-28-24-4-2-3-5-25(24)32/h2-13,19H,14-18H2,1H3,(H,29,33). The molecule has 4 aromatic rings. The summed E-state index contributed by atoms with van der Waals surface area (Å²) < 4.78 is 7.37. The molecule has 1 aliphatic rings. The maximum absolute atomic E-state index is 12.9. The van der Waals surface area contributed by atoms with Crippen molar-refractivity contribution in [3.05, 3.63) is 84.7 Å². The van der Waals surface area contributed by atoms with E-state index in [0.717, 1.165) is 48.7 Å². The molecule has 1 N–H and O–H groups in total. The van der Waals surface area contributed by atoms with Crippen molar-refractivity contribution >= 4 is 34.2 Å². The van der Waals surface area contributed by atoms with Crippen molar-refractivity contribution in [2.75, 3.05) is 50.1 Å². The zero-order chi connectivity index (χ0) is 24.2. The number of anilines is 2. The molecule has 8 nitrogen and oxygen atoms in total. The van der Waals surface area contributed by atoms with E-state index in [1.54, 1.807) is 25.5 Å². The zero-order valence-corrected chi connectivity index (χ0v) is 19.6. The lowest BCUT2D eigenvalue weighted by Gasteiger charge is -2.28. The van der Waals surface area contributed by atoms with Crippen LogP contribution in [0.15, 0.2) is 79.1 Å². The summed E-state index contributed by atoms with van der Waals surface area (Å²) in [4.78, 5) is 33.5. The van der Waals surface area contributed by atoms with E-state index in [9.17, 15) is 9.59 Å². The summed E-state index contributed by atoms with van der Waals surface area (Å²) in [6, 6.07) is 22.9. The Morgan fingerprint density at radius 3 is 2.37 bits per heavy atom. The number of hydrogen-bond donors (Lipinski definition) is 1. The number of nitrogens with one attached hydrogen (secondary N) is 1. The third-order valence-electron chi connectivity index (χ3n) is 6.10. The summed E-state index contributed by atoms with van der Waals surface area (Å²) in [6.07, 6.45) is 1.77. The van der Waals surface area contributed by atoms with Gasteiger partial charge in [-0.2, -0.15) is 0 Å². The number of amides is 2. The Labute approximate surface area is 203 Å². The summed E-state index contributed by atoms with van der Waals surface area (Å²) in [5.74, 6) is -0.466. The number of carbonyl (C=O) groups excluding carboxylic acids is 2. The number of benzene rings is 3. The first-order valence-corrected chi connectivity index (χ1v) is 11.6. The van der Waals surface area contributed by atoms with Gasteiger partial charge in [0.15, 0.2) is 0 Å². The van der Waals surface area contributed by atoms with Crippen LogP contribution in [-0.2, 0) is 9.53 Å². The Hall–Kier alpha value is -4.17. The Balaban J connectivity index is 1.18. The van der Waals surface area contributed by atoms with Crippen LogP contribution in [0.1, 0.15) is 10.4 Å². The Bertz CT molecular complexity index is 1330. The predicted molar refractivity (Wildman–Crippen MR) is 136 cm³/mol. The lowest BCUT2D eigenvalue weighted by atomic mass is 10.1. The second-order valence-corrected chi connectivity index (χ2v) is 8.51. The highest BCUT2D eigenvalue weighted by atomic mass is 16.5. The number of ether oxygens (including phenoxy) is 1. The van der Waals surface area contributed by atoms with Crippen molar-refractivity contribution in [1.82, 2.24) is 14.5 Å². The van der Waals surface area contributed by atoms with Gasteiger partial charge in [-0.25, -0.2) is 4.98 Å². The number of rotatable bonds is 6. The van der Waals surface area contributed by atoms with Gasteiger partial charge in [-0.05, 0) is 60.7 Å². The molecule has 2 heterocycles. The topological polar surface area (TPSA) is 79.7 Å². The molecule has 0 bridgehead atoms. The number of imidazole rings is 1. The van der Waals surface area contributed by atoms with Crippen molar-refractivity contribution in [2.45, 2.75) is 0 Å². The van der Waals surface area contributed by atoms with Crippen molar-refractivity contribution in [2.24, 2.45) is 0 Å². The lowest BCUT2D eigenvalue weighted by Crippen LogP contribution is -2.36. The molecule has 1 aromatic heterocycles. The number of likely N-dealkylation sites (N-methyl/N-ethyl adjacent to an activating group) is 1. The fraction of sp³-hybridized carbons (Fsp3) is 0.222. The number of para-hydroxylation sites is 2. The van der Waals surface area contributed by atoms with E-state index in [1.165, 1.54) is 4.90 Å². The molecule has 0 spiro atoms. The molecular formula is C27H27N5O3. The summed E-state index contributed by atoms with van der Waals surface area (Å²) in [7, 11) is 1.63. The second kappa shape index (κ2) is 9.99. The fourth-order valence-electron chi connectivity index (χ4n) is 4.21. The number of hydrogen-bond acceptors (Lipinski definition) is 5. The molecule has 3 aromatic carbocycles. The largest absolute Gasteiger partial charge is 0.378 e. The fourth-order valence-corrected chi connectivity index (χ4v) is 4.21. The Morgan fingerprint density at radius 2 is 1.63 bits per heavy atom. The van der Waals surface area contributed by atoms with E-state index >= 15 is 0 Å². The van der Waals surface area contributed by atoms with Crippen LogP contribution in [0.5, 0.6) is 0 Å². The molecule has 5 rings (SSSR count). The molecule has 0 saturated carbocycles. The van der Waals surface area contributed by atoms with E-state index in [0.29, 0.717) is 11.3 Å². The van der Waals surface area contributed by atoms with Gasteiger partial charge in [-0.3, -0.25) is 14.2 Å². The second-order valence-electron chi connectivity index (χ2n) is 8.51. The average molecular weight is 470 g/mol. The van der Waals surface area contributed by atoms with Crippen LogP contribution in [0.3, 0.4) is 0 Å². The van der Waals surface area contributed by atoms with Crippen LogP contribution in [0.2, 0.25) is 0 Å². The van der Waals surface area contributed by atoms with E-state index in [1.807, 2.05) is 65.2 Å². The van der Waals surface area contributed by atoms with E-state index in [-0.39, 0.29) is 18.4 Å². The third-order valence-corrected chi connectivity index (χ3v) is 6.10. The number of fused-ring (bicyclic) bond motifs is 1. The summed E-state index contributed by atoms with van der Waals surface area (Å²) in [6.45, 7) is 3.12. The highest BCUT2D eigenvalue weighted by Gasteiger charge is 2.16. The van der Waals surface area contributed by atoms with E-state index in [4.69, 9.17) is 4.74 Å². The van der Waals surface area contributed by atoms with Gasteiger partial charge in [-0.15, -0.1) is 0 Å². The van der Waals surface area contributed by atoms with Crippen LogP contribution < -0.4 is 10.2 Å². The highest BCUT2D eigenvalue weighted by Crippen LogP contribution is 2.20. The Kier molecular flexibility index (Phi) is 6.45. The van der Waals surface area contributed by atoms with Crippen LogP contribution in [0.25, 0.3) is 16.7 Å². The van der Waals surface area contributed by atoms with Gasteiger partial charge in [0.1, 0.15) is 6.33 Å². The quantitative estimate of drug-likeness (QED) is 0.467. The van der Waals surface area contributed by atoms with Crippen molar-refractivity contribution < 1.29 is 14.3 Å². The van der Waals surface area contributed by atoms with Crippen LogP contribution in [0, 0.1) is 0 Å². The SMILES string of the molecule is CN(CC(=O)Nc1ccc(N2CCOCC2)cc1)C(=O)c1ccc(-n2cnc3ccccc32)cc1. The zero-order valence-electron chi connectivity index (χ0n) is 19.6. The number of nitrogens with zero attached hydrogens (tertiary/aromatic N) is 4. The first-order chi connectivity index (χ1) is 17.1. The van der Waals surface area contributed by atoms with Crippen LogP contribution >= 0.6 is 0 Å². The van der Waals surface area contributed by atoms with Gasteiger partial charge in [-0.1, -0.05) is 12.1 Å². The summed E-state index contributed by atoms with van der Waals surface area (Å²) >= 11 is 0.